The normalized spacial score (nSPS) is 9.95. The Morgan fingerprint density at radius 1 is 1.43 bits per heavy atom. The van der Waals surface area contributed by atoms with E-state index in [9.17, 15) is 10.1 Å². The van der Waals surface area contributed by atoms with Crippen LogP contribution in [-0.2, 0) is 6.42 Å². The van der Waals surface area contributed by atoms with Gasteiger partial charge in [-0.25, -0.2) is 0 Å². The Bertz CT molecular complexity index is 741. The molecule has 2 aromatic rings. The van der Waals surface area contributed by atoms with E-state index < -0.39 is 4.92 Å². The van der Waals surface area contributed by atoms with Crippen LogP contribution in [0.5, 0.6) is 11.6 Å². The minimum atomic E-state index is -0.660. The average molecular weight is 304 g/mol. The van der Waals surface area contributed by atoms with E-state index in [1.165, 1.54) is 12.1 Å². The summed E-state index contributed by atoms with van der Waals surface area (Å²) < 4.78 is 5.51. The zero-order chi connectivity index (χ0) is 15.4. The third-order valence-electron chi connectivity index (χ3n) is 2.77. The standard InChI is InChI=1S/C14H10ClN3O3/c1-2-9-7-10(3-4-11(9)15)21-14-6-5-13(18(19)20)12(8-16)17-14/h3-7H,2H2,1H3. The molecule has 0 aliphatic rings. The van der Waals surface area contributed by atoms with Gasteiger partial charge in [0, 0.05) is 17.2 Å². The Morgan fingerprint density at radius 2 is 2.19 bits per heavy atom. The van der Waals surface area contributed by atoms with Gasteiger partial charge in [-0.2, -0.15) is 10.2 Å². The molecular formula is C14H10ClN3O3. The summed E-state index contributed by atoms with van der Waals surface area (Å²) in [5, 5.41) is 20.3. The van der Waals surface area contributed by atoms with Gasteiger partial charge in [0.1, 0.15) is 11.8 Å². The van der Waals surface area contributed by atoms with E-state index in [4.69, 9.17) is 21.6 Å². The predicted octanol–water partition coefficient (Wildman–Crippen LogP) is 3.87. The lowest BCUT2D eigenvalue weighted by Crippen LogP contribution is -1.97. The summed E-state index contributed by atoms with van der Waals surface area (Å²) in [6.45, 7) is 1.96. The van der Waals surface area contributed by atoms with Gasteiger partial charge in [-0.1, -0.05) is 18.5 Å². The first-order valence-electron chi connectivity index (χ1n) is 6.07. The molecule has 0 atom stereocenters. The molecule has 0 amide bonds. The van der Waals surface area contributed by atoms with Crippen molar-refractivity contribution in [2.45, 2.75) is 13.3 Å². The average Bonchev–Trinajstić information content (AvgIpc) is 2.48. The van der Waals surface area contributed by atoms with Crippen LogP contribution in [0.2, 0.25) is 5.02 Å². The Labute approximate surface area is 125 Å². The van der Waals surface area contributed by atoms with Gasteiger partial charge >= 0.3 is 5.69 Å². The minimum Gasteiger partial charge on any atom is -0.439 e. The summed E-state index contributed by atoms with van der Waals surface area (Å²) in [5.74, 6) is 0.614. The van der Waals surface area contributed by atoms with Gasteiger partial charge in [-0.05, 0) is 30.2 Å². The SMILES string of the molecule is CCc1cc(Oc2ccc([N+](=O)[O-])c(C#N)n2)ccc1Cl. The number of nitro groups is 1. The Kier molecular flexibility index (Phi) is 4.36. The summed E-state index contributed by atoms with van der Waals surface area (Å²) >= 11 is 6.01. The third kappa shape index (κ3) is 3.27. The van der Waals surface area contributed by atoms with Crippen molar-refractivity contribution < 1.29 is 9.66 Å². The van der Waals surface area contributed by atoms with Crippen LogP contribution in [-0.4, -0.2) is 9.91 Å². The van der Waals surface area contributed by atoms with Gasteiger partial charge in [0.2, 0.25) is 11.6 Å². The molecule has 0 fully saturated rings. The maximum atomic E-state index is 10.7. The van der Waals surface area contributed by atoms with Crippen molar-refractivity contribution >= 4 is 17.3 Å². The van der Waals surface area contributed by atoms with E-state index in [2.05, 4.69) is 4.98 Å². The Hall–Kier alpha value is -2.65. The molecule has 2 rings (SSSR count). The second-order valence-corrected chi connectivity index (χ2v) is 4.50. The molecule has 1 heterocycles. The maximum Gasteiger partial charge on any atom is 0.305 e. The Balaban J connectivity index is 2.32. The lowest BCUT2D eigenvalue weighted by molar-refractivity contribution is -0.385. The summed E-state index contributed by atoms with van der Waals surface area (Å²) in [6.07, 6.45) is 0.743. The molecule has 0 radical (unpaired) electrons. The number of nitriles is 1. The number of rotatable bonds is 4. The zero-order valence-corrected chi connectivity index (χ0v) is 11.8. The first kappa shape index (κ1) is 14.8. The van der Waals surface area contributed by atoms with Crippen LogP contribution < -0.4 is 4.74 Å². The number of aromatic nitrogens is 1. The highest BCUT2D eigenvalue weighted by Gasteiger charge is 2.16. The number of pyridine rings is 1. The van der Waals surface area contributed by atoms with Gasteiger partial charge in [0.25, 0.3) is 0 Å². The van der Waals surface area contributed by atoms with Crippen LogP contribution in [0.4, 0.5) is 5.69 Å². The molecule has 7 heteroatoms. The number of ether oxygens (including phenoxy) is 1. The first-order chi connectivity index (χ1) is 10.0. The van der Waals surface area contributed by atoms with E-state index >= 15 is 0 Å². The van der Waals surface area contributed by atoms with Gasteiger partial charge in [0.05, 0.1) is 4.92 Å². The number of nitrogens with zero attached hydrogens (tertiary/aromatic N) is 3. The smallest absolute Gasteiger partial charge is 0.305 e. The molecule has 6 nitrogen and oxygen atoms in total. The number of hydrogen-bond donors (Lipinski definition) is 0. The number of benzene rings is 1. The maximum absolute atomic E-state index is 10.7. The summed E-state index contributed by atoms with van der Waals surface area (Å²) in [4.78, 5) is 13.9. The van der Waals surface area contributed by atoms with Crippen LogP contribution >= 0.6 is 11.6 Å². The second-order valence-electron chi connectivity index (χ2n) is 4.09. The molecular weight excluding hydrogens is 294 g/mol. The molecule has 0 N–H and O–H groups in total. The minimum absolute atomic E-state index is 0.113. The van der Waals surface area contributed by atoms with Crippen LogP contribution in [0.3, 0.4) is 0 Å². The molecule has 21 heavy (non-hydrogen) atoms. The zero-order valence-electron chi connectivity index (χ0n) is 11.0. The molecule has 106 valence electrons. The first-order valence-corrected chi connectivity index (χ1v) is 6.44. The summed E-state index contributed by atoms with van der Waals surface area (Å²) in [6, 6.07) is 9.34. The van der Waals surface area contributed by atoms with Crippen molar-refractivity contribution in [3.05, 3.63) is 56.7 Å². The van der Waals surface area contributed by atoms with Gasteiger partial charge in [-0.15, -0.1) is 0 Å². The monoisotopic (exact) mass is 303 g/mol. The van der Waals surface area contributed by atoms with Crippen molar-refractivity contribution in [3.8, 4) is 17.7 Å². The number of halogens is 1. The fourth-order valence-corrected chi connectivity index (χ4v) is 1.98. The topological polar surface area (TPSA) is 89.0 Å². The number of aryl methyl sites for hydroxylation is 1. The van der Waals surface area contributed by atoms with Crippen molar-refractivity contribution in [2.75, 3.05) is 0 Å². The lowest BCUT2D eigenvalue weighted by atomic mass is 10.1. The van der Waals surface area contributed by atoms with E-state index in [-0.39, 0.29) is 17.3 Å². The molecule has 0 bridgehead atoms. The molecule has 0 saturated carbocycles. The van der Waals surface area contributed by atoms with E-state index in [1.807, 2.05) is 6.92 Å². The summed E-state index contributed by atoms with van der Waals surface area (Å²) in [7, 11) is 0. The Morgan fingerprint density at radius 3 is 2.81 bits per heavy atom. The highest BCUT2D eigenvalue weighted by Crippen LogP contribution is 2.27. The second kappa shape index (κ2) is 6.20. The molecule has 1 aromatic heterocycles. The van der Waals surface area contributed by atoms with Crippen LogP contribution in [0.25, 0.3) is 0 Å². The molecule has 0 unspecified atom stereocenters. The van der Waals surface area contributed by atoms with Crippen molar-refractivity contribution in [1.82, 2.24) is 4.98 Å². The van der Waals surface area contributed by atoms with Crippen LogP contribution in [0, 0.1) is 21.4 Å². The highest BCUT2D eigenvalue weighted by molar-refractivity contribution is 6.31. The molecule has 0 saturated heterocycles. The largest absolute Gasteiger partial charge is 0.439 e. The van der Waals surface area contributed by atoms with Gasteiger partial charge < -0.3 is 4.74 Å². The van der Waals surface area contributed by atoms with Crippen molar-refractivity contribution in [1.29, 1.82) is 5.26 Å². The molecule has 0 aliphatic heterocycles. The predicted molar refractivity (Wildman–Crippen MR) is 76.5 cm³/mol. The molecule has 0 aliphatic carbocycles. The van der Waals surface area contributed by atoms with E-state index in [0.717, 1.165) is 12.0 Å². The van der Waals surface area contributed by atoms with Crippen molar-refractivity contribution in [2.24, 2.45) is 0 Å². The molecule has 1 aromatic carbocycles. The van der Waals surface area contributed by atoms with Gasteiger partial charge in [-0.3, -0.25) is 10.1 Å². The quantitative estimate of drug-likeness (QED) is 0.631. The highest BCUT2D eigenvalue weighted by atomic mass is 35.5. The fourth-order valence-electron chi connectivity index (χ4n) is 1.73. The lowest BCUT2D eigenvalue weighted by Gasteiger charge is -2.07. The van der Waals surface area contributed by atoms with Crippen LogP contribution in [0.1, 0.15) is 18.2 Å². The number of hydrogen-bond acceptors (Lipinski definition) is 5. The third-order valence-corrected chi connectivity index (χ3v) is 3.14. The fraction of sp³-hybridized carbons (Fsp3) is 0.143. The van der Waals surface area contributed by atoms with Gasteiger partial charge in [0.15, 0.2) is 0 Å². The van der Waals surface area contributed by atoms with Crippen LogP contribution in [0.15, 0.2) is 30.3 Å². The van der Waals surface area contributed by atoms with E-state index in [0.29, 0.717) is 10.8 Å². The van der Waals surface area contributed by atoms with Crippen molar-refractivity contribution in [3.63, 3.8) is 0 Å². The summed E-state index contributed by atoms with van der Waals surface area (Å²) in [5.41, 5.74) is 0.272. The van der Waals surface area contributed by atoms with E-state index in [1.54, 1.807) is 24.3 Å². The molecule has 0 spiro atoms.